The zero-order valence-corrected chi connectivity index (χ0v) is 11.2. The van der Waals surface area contributed by atoms with E-state index in [1.165, 1.54) is 0 Å². The van der Waals surface area contributed by atoms with E-state index >= 15 is 0 Å². The number of carbonyl (C=O) groups excluding carboxylic acids is 1. The summed E-state index contributed by atoms with van der Waals surface area (Å²) in [5.74, 6) is -13.5. The van der Waals surface area contributed by atoms with Crippen molar-refractivity contribution >= 4 is 23.6 Å². The number of amides is 1. The smallest absolute Gasteiger partial charge is 0.327 e. The molecule has 0 saturated heterocycles. The second kappa shape index (κ2) is 6.74. The maximum absolute atomic E-state index is 13.3. The molecule has 4 nitrogen and oxygen atoms in total. The van der Waals surface area contributed by atoms with Crippen LogP contribution in [0.2, 0.25) is 0 Å². The van der Waals surface area contributed by atoms with Crippen LogP contribution >= 0.6 is 11.8 Å². The maximum Gasteiger partial charge on any atom is 0.327 e. The summed E-state index contributed by atoms with van der Waals surface area (Å²) in [6.45, 7) is 1.01. The first-order valence-electron chi connectivity index (χ1n) is 5.31. The Labute approximate surface area is 119 Å². The molecule has 0 spiro atoms. The molecule has 116 valence electrons. The third kappa shape index (κ3) is 3.84. The summed E-state index contributed by atoms with van der Waals surface area (Å²) in [6, 6.07) is -1.54. The Morgan fingerprint density at radius 1 is 1.05 bits per heavy atom. The van der Waals surface area contributed by atoms with Crippen LogP contribution in [-0.2, 0) is 9.59 Å². The van der Waals surface area contributed by atoms with Crippen LogP contribution < -0.4 is 5.32 Å². The quantitative estimate of drug-likeness (QED) is 0.376. The van der Waals surface area contributed by atoms with Gasteiger partial charge in [0.25, 0.3) is 0 Å². The number of halogens is 5. The number of hydrogen-bond acceptors (Lipinski definition) is 3. The highest BCUT2D eigenvalue weighted by atomic mass is 32.2. The Morgan fingerprint density at radius 2 is 1.48 bits per heavy atom. The average molecular weight is 329 g/mol. The predicted molar refractivity (Wildman–Crippen MR) is 62.2 cm³/mol. The lowest BCUT2D eigenvalue weighted by Gasteiger charge is -2.13. The van der Waals surface area contributed by atoms with Gasteiger partial charge < -0.3 is 10.4 Å². The Balaban J connectivity index is 3.03. The molecule has 0 heterocycles. The van der Waals surface area contributed by atoms with Crippen LogP contribution in [0.25, 0.3) is 0 Å². The maximum atomic E-state index is 13.3. The molecule has 0 fully saturated rings. The molecule has 21 heavy (non-hydrogen) atoms. The van der Waals surface area contributed by atoms with Crippen molar-refractivity contribution in [3.05, 3.63) is 29.1 Å². The Hall–Kier alpha value is -1.84. The van der Waals surface area contributed by atoms with Crippen molar-refractivity contribution in [1.29, 1.82) is 0 Å². The highest BCUT2D eigenvalue weighted by Gasteiger charge is 2.27. The summed E-state index contributed by atoms with van der Waals surface area (Å²) < 4.78 is 65.4. The molecule has 1 atom stereocenters. The van der Waals surface area contributed by atoms with Gasteiger partial charge in [-0.25, -0.2) is 26.7 Å². The summed E-state index contributed by atoms with van der Waals surface area (Å²) in [5.41, 5.74) is 0. The van der Waals surface area contributed by atoms with E-state index in [2.05, 4.69) is 0 Å². The number of nitrogens with one attached hydrogen (secondary N) is 1. The molecule has 1 rings (SSSR count). The second-order valence-electron chi connectivity index (χ2n) is 3.80. The van der Waals surface area contributed by atoms with Crippen molar-refractivity contribution < 1.29 is 36.6 Å². The molecule has 0 aliphatic heterocycles. The number of rotatable bonds is 5. The van der Waals surface area contributed by atoms with E-state index in [1.807, 2.05) is 5.32 Å². The average Bonchev–Trinajstić information content (AvgIpc) is 2.41. The van der Waals surface area contributed by atoms with Gasteiger partial charge in [0.05, 0.1) is 4.90 Å². The van der Waals surface area contributed by atoms with Gasteiger partial charge in [-0.15, -0.1) is 11.8 Å². The molecule has 0 saturated carbocycles. The minimum atomic E-state index is -2.30. The van der Waals surface area contributed by atoms with E-state index in [1.54, 1.807) is 0 Å². The zero-order chi connectivity index (χ0) is 16.3. The molecule has 0 unspecified atom stereocenters. The molecular weight excluding hydrogens is 321 g/mol. The Bertz CT molecular complexity index is 567. The summed E-state index contributed by atoms with van der Waals surface area (Å²) in [5, 5.41) is 10.7. The lowest BCUT2D eigenvalue weighted by atomic mass is 10.3. The van der Waals surface area contributed by atoms with E-state index in [9.17, 15) is 31.5 Å². The fourth-order valence-corrected chi connectivity index (χ4v) is 2.29. The number of carboxylic acid groups (broad SMARTS) is 1. The normalized spacial score (nSPS) is 12.1. The fourth-order valence-electron chi connectivity index (χ4n) is 1.30. The highest BCUT2D eigenvalue weighted by molar-refractivity contribution is 7.99. The van der Waals surface area contributed by atoms with E-state index in [-0.39, 0.29) is 11.8 Å². The van der Waals surface area contributed by atoms with Crippen LogP contribution in [0.3, 0.4) is 0 Å². The van der Waals surface area contributed by atoms with Gasteiger partial charge >= 0.3 is 5.97 Å². The topological polar surface area (TPSA) is 66.4 Å². The summed E-state index contributed by atoms with van der Waals surface area (Å²) in [7, 11) is 0. The molecular formula is C11H8F5NO3S. The predicted octanol–water partition coefficient (Wildman–Crippen LogP) is 2.06. The number of carboxylic acids is 1. The van der Waals surface area contributed by atoms with Crippen LogP contribution in [0.1, 0.15) is 6.92 Å². The molecule has 2 N–H and O–H groups in total. The monoisotopic (exact) mass is 329 g/mol. The molecule has 0 aliphatic rings. The van der Waals surface area contributed by atoms with E-state index in [0.717, 1.165) is 6.92 Å². The zero-order valence-electron chi connectivity index (χ0n) is 10.3. The standard InChI is InChI=1S/C11H8F5NO3S/c1-3(18)17-4(11(19)20)2-21-10-8(15)6(13)5(12)7(14)9(10)16/h4H,2H2,1H3,(H,17,18)(H,19,20)/t4-/m0/s1. The number of thioether (sulfide) groups is 1. The molecule has 1 amide bonds. The summed E-state index contributed by atoms with van der Waals surface area (Å²) >= 11 is 0.0969. The van der Waals surface area contributed by atoms with Gasteiger partial charge in [0.1, 0.15) is 6.04 Å². The molecule has 0 radical (unpaired) electrons. The van der Waals surface area contributed by atoms with Crippen LogP contribution in [0, 0.1) is 29.1 Å². The minimum Gasteiger partial charge on any atom is -0.480 e. The first-order valence-corrected chi connectivity index (χ1v) is 6.29. The van der Waals surface area contributed by atoms with Crippen LogP contribution in [0.15, 0.2) is 4.90 Å². The summed E-state index contributed by atoms with van der Waals surface area (Å²) in [6.07, 6.45) is 0. The molecule has 0 aliphatic carbocycles. The lowest BCUT2D eigenvalue weighted by Crippen LogP contribution is -2.41. The van der Waals surface area contributed by atoms with Crippen molar-refractivity contribution in [2.75, 3.05) is 5.75 Å². The van der Waals surface area contributed by atoms with Gasteiger partial charge in [0.15, 0.2) is 23.3 Å². The fraction of sp³-hybridized carbons (Fsp3) is 0.273. The number of benzene rings is 1. The van der Waals surface area contributed by atoms with E-state index in [0.29, 0.717) is 0 Å². The molecule has 0 bridgehead atoms. The van der Waals surface area contributed by atoms with Crippen molar-refractivity contribution in [2.45, 2.75) is 17.9 Å². The van der Waals surface area contributed by atoms with Gasteiger partial charge in [-0.1, -0.05) is 0 Å². The van der Waals surface area contributed by atoms with Crippen molar-refractivity contribution in [3.63, 3.8) is 0 Å². The van der Waals surface area contributed by atoms with Crippen LogP contribution in [-0.4, -0.2) is 28.8 Å². The first kappa shape index (κ1) is 17.2. The SMILES string of the molecule is CC(=O)N[C@@H](CSc1c(F)c(F)c(F)c(F)c1F)C(=O)O. The van der Waals surface area contributed by atoms with Gasteiger partial charge in [-0.05, 0) is 0 Å². The molecule has 1 aromatic rings. The van der Waals surface area contributed by atoms with Crippen LogP contribution in [0.5, 0.6) is 0 Å². The lowest BCUT2D eigenvalue weighted by molar-refractivity contribution is -0.140. The van der Waals surface area contributed by atoms with Crippen molar-refractivity contribution in [2.24, 2.45) is 0 Å². The van der Waals surface area contributed by atoms with Crippen molar-refractivity contribution in [3.8, 4) is 0 Å². The van der Waals surface area contributed by atoms with Gasteiger partial charge in [0.2, 0.25) is 11.7 Å². The van der Waals surface area contributed by atoms with Gasteiger partial charge in [0, 0.05) is 12.7 Å². The van der Waals surface area contributed by atoms with Gasteiger partial charge in [-0.3, -0.25) is 4.79 Å². The van der Waals surface area contributed by atoms with Crippen molar-refractivity contribution in [1.82, 2.24) is 5.32 Å². The Kier molecular flexibility index (Phi) is 5.53. The summed E-state index contributed by atoms with van der Waals surface area (Å²) in [4.78, 5) is 20.3. The third-order valence-electron chi connectivity index (χ3n) is 2.24. The first-order chi connectivity index (χ1) is 9.66. The number of carbonyl (C=O) groups is 2. The van der Waals surface area contributed by atoms with Crippen LogP contribution in [0.4, 0.5) is 22.0 Å². The largest absolute Gasteiger partial charge is 0.480 e. The third-order valence-corrected chi connectivity index (χ3v) is 3.39. The highest BCUT2D eigenvalue weighted by Crippen LogP contribution is 2.31. The van der Waals surface area contributed by atoms with Gasteiger partial charge in [-0.2, -0.15) is 0 Å². The Morgan fingerprint density at radius 3 is 1.86 bits per heavy atom. The molecule has 10 heteroatoms. The molecule has 0 aromatic heterocycles. The number of hydrogen-bond donors (Lipinski definition) is 2. The van der Waals surface area contributed by atoms with E-state index in [4.69, 9.17) is 5.11 Å². The minimum absolute atomic E-state index is 0.0969. The molecule has 1 aromatic carbocycles. The number of aliphatic carboxylic acids is 1. The van der Waals surface area contributed by atoms with E-state index < -0.39 is 57.7 Å². The second-order valence-corrected chi connectivity index (χ2v) is 4.83.